The van der Waals surface area contributed by atoms with E-state index in [1.54, 1.807) is 7.11 Å². The Morgan fingerprint density at radius 3 is 2.59 bits per heavy atom. The van der Waals surface area contributed by atoms with Crippen LogP contribution in [-0.4, -0.2) is 24.7 Å². The minimum absolute atomic E-state index is 0.0732. The molecule has 0 aliphatic heterocycles. The average molecular weight is 279 g/mol. The van der Waals surface area contributed by atoms with Gasteiger partial charge in [0.25, 0.3) is 5.69 Å². The van der Waals surface area contributed by atoms with E-state index in [1.165, 1.54) is 12.1 Å². The third kappa shape index (κ3) is 3.73. The zero-order valence-electron chi connectivity index (χ0n) is 9.37. The lowest BCUT2D eigenvalue weighted by Gasteiger charge is -2.14. The molecule has 0 bridgehead atoms. The number of nitro groups is 1. The summed E-state index contributed by atoms with van der Waals surface area (Å²) in [7, 11) is 1.56. The summed E-state index contributed by atoms with van der Waals surface area (Å²) in [6.45, 7) is 2.27. The van der Waals surface area contributed by atoms with Gasteiger partial charge in [-0.1, -0.05) is 23.2 Å². The highest BCUT2D eigenvalue weighted by Crippen LogP contribution is 2.34. The molecular formula is C10H12Cl2N2O3. The maximum atomic E-state index is 10.9. The number of nitro benzene ring substituents is 1. The maximum Gasteiger partial charge on any atom is 0.293 e. The van der Waals surface area contributed by atoms with Crippen molar-refractivity contribution in [3.8, 4) is 0 Å². The molecule has 1 aromatic carbocycles. The molecule has 0 heterocycles. The first-order valence-electron chi connectivity index (χ1n) is 4.84. The molecule has 0 aliphatic carbocycles. The molecule has 94 valence electrons. The van der Waals surface area contributed by atoms with Gasteiger partial charge in [-0.25, -0.2) is 0 Å². The molecule has 5 nitrogen and oxygen atoms in total. The summed E-state index contributed by atoms with van der Waals surface area (Å²) in [6, 6.07) is 2.59. The average Bonchev–Trinajstić information content (AvgIpc) is 2.23. The number of rotatable bonds is 5. The molecule has 0 spiro atoms. The quantitative estimate of drug-likeness (QED) is 0.663. The highest BCUT2D eigenvalue weighted by molar-refractivity contribution is 6.42. The summed E-state index contributed by atoms with van der Waals surface area (Å²) in [5.41, 5.74) is 0.219. The van der Waals surface area contributed by atoms with Crippen molar-refractivity contribution in [2.24, 2.45) is 0 Å². The van der Waals surface area contributed by atoms with Gasteiger partial charge < -0.3 is 10.1 Å². The van der Waals surface area contributed by atoms with Crippen LogP contribution in [0.2, 0.25) is 10.0 Å². The van der Waals surface area contributed by atoms with Gasteiger partial charge >= 0.3 is 0 Å². The van der Waals surface area contributed by atoms with Gasteiger partial charge in [0.2, 0.25) is 0 Å². The lowest BCUT2D eigenvalue weighted by atomic mass is 10.2. The molecule has 0 amide bonds. The molecule has 1 rings (SSSR count). The Morgan fingerprint density at radius 1 is 1.47 bits per heavy atom. The predicted octanol–water partition coefficient (Wildman–Crippen LogP) is 3.35. The number of anilines is 1. The van der Waals surface area contributed by atoms with Crippen LogP contribution in [0.5, 0.6) is 0 Å². The van der Waals surface area contributed by atoms with E-state index in [9.17, 15) is 10.1 Å². The van der Waals surface area contributed by atoms with Gasteiger partial charge in [-0.05, 0) is 13.0 Å². The summed E-state index contributed by atoms with van der Waals surface area (Å²) in [5.74, 6) is 0. The van der Waals surface area contributed by atoms with E-state index in [0.29, 0.717) is 12.3 Å². The first-order chi connectivity index (χ1) is 7.95. The van der Waals surface area contributed by atoms with E-state index in [-0.39, 0.29) is 21.8 Å². The maximum absolute atomic E-state index is 10.9. The summed E-state index contributed by atoms with van der Waals surface area (Å²) in [6.07, 6.45) is 0. The summed E-state index contributed by atoms with van der Waals surface area (Å²) >= 11 is 11.6. The van der Waals surface area contributed by atoms with E-state index in [0.717, 1.165) is 0 Å². The minimum atomic E-state index is -0.510. The minimum Gasteiger partial charge on any atom is -0.383 e. The summed E-state index contributed by atoms with van der Waals surface area (Å²) in [4.78, 5) is 10.3. The number of benzene rings is 1. The number of methoxy groups -OCH3 is 1. The fourth-order valence-corrected chi connectivity index (χ4v) is 1.68. The standard InChI is InChI=1S/C10H12Cl2N2O3/c1-6(5-17-2)13-9-3-7(11)8(12)4-10(9)14(15)16/h3-4,6,13H,5H2,1-2H3. The predicted molar refractivity (Wildman–Crippen MR) is 68.1 cm³/mol. The molecule has 1 atom stereocenters. The van der Waals surface area contributed by atoms with Crippen LogP contribution in [0.25, 0.3) is 0 Å². The van der Waals surface area contributed by atoms with Crippen molar-refractivity contribution in [1.29, 1.82) is 0 Å². The molecule has 0 saturated carbocycles. The van der Waals surface area contributed by atoms with Crippen LogP contribution in [0, 0.1) is 10.1 Å². The third-order valence-electron chi connectivity index (χ3n) is 2.05. The number of nitrogens with one attached hydrogen (secondary N) is 1. The second kappa shape index (κ2) is 6.05. The first-order valence-corrected chi connectivity index (χ1v) is 5.60. The van der Waals surface area contributed by atoms with Crippen LogP contribution in [0.4, 0.5) is 11.4 Å². The largest absolute Gasteiger partial charge is 0.383 e. The van der Waals surface area contributed by atoms with Crippen molar-refractivity contribution >= 4 is 34.6 Å². The van der Waals surface area contributed by atoms with Gasteiger partial charge in [0.15, 0.2) is 0 Å². The molecule has 0 fully saturated rings. The van der Waals surface area contributed by atoms with Gasteiger partial charge in [-0.15, -0.1) is 0 Å². The van der Waals surface area contributed by atoms with Crippen LogP contribution in [0.1, 0.15) is 6.92 Å². The molecule has 1 N–H and O–H groups in total. The first kappa shape index (κ1) is 14.0. The molecule has 0 saturated heterocycles. The van der Waals surface area contributed by atoms with Crippen molar-refractivity contribution in [2.75, 3.05) is 19.0 Å². The van der Waals surface area contributed by atoms with E-state index < -0.39 is 4.92 Å². The highest BCUT2D eigenvalue weighted by atomic mass is 35.5. The van der Waals surface area contributed by atoms with Crippen LogP contribution in [0.3, 0.4) is 0 Å². The Bertz CT molecular complexity index is 426. The second-order valence-corrected chi connectivity index (χ2v) is 4.36. The summed E-state index contributed by atoms with van der Waals surface area (Å²) in [5, 5.41) is 14.2. The van der Waals surface area contributed by atoms with Crippen molar-refractivity contribution < 1.29 is 9.66 Å². The van der Waals surface area contributed by atoms with Crippen molar-refractivity contribution in [1.82, 2.24) is 0 Å². The lowest BCUT2D eigenvalue weighted by Crippen LogP contribution is -2.21. The summed E-state index contributed by atoms with van der Waals surface area (Å²) < 4.78 is 4.94. The van der Waals surface area contributed by atoms with Crippen LogP contribution in [0.15, 0.2) is 12.1 Å². The molecule has 0 aromatic heterocycles. The van der Waals surface area contributed by atoms with Gasteiger partial charge in [0.05, 0.1) is 21.6 Å². The Hall–Kier alpha value is -1.04. The van der Waals surface area contributed by atoms with E-state index >= 15 is 0 Å². The molecule has 0 radical (unpaired) electrons. The lowest BCUT2D eigenvalue weighted by molar-refractivity contribution is -0.384. The molecular weight excluding hydrogens is 267 g/mol. The third-order valence-corrected chi connectivity index (χ3v) is 2.78. The van der Waals surface area contributed by atoms with E-state index in [1.807, 2.05) is 6.92 Å². The Balaban J connectivity index is 3.04. The van der Waals surface area contributed by atoms with Crippen LogP contribution >= 0.6 is 23.2 Å². The van der Waals surface area contributed by atoms with Gasteiger partial charge in [0, 0.05) is 19.2 Å². The molecule has 7 heteroatoms. The Kier molecular flexibility index (Phi) is 4.99. The topological polar surface area (TPSA) is 64.4 Å². The second-order valence-electron chi connectivity index (χ2n) is 3.54. The van der Waals surface area contributed by atoms with Crippen molar-refractivity contribution in [2.45, 2.75) is 13.0 Å². The van der Waals surface area contributed by atoms with Crippen molar-refractivity contribution in [3.63, 3.8) is 0 Å². The zero-order valence-corrected chi connectivity index (χ0v) is 10.9. The molecule has 1 aromatic rings. The molecule has 0 aliphatic rings. The number of hydrogen-bond acceptors (Lipinski definition) is 4. The number of ether oxygens (including phenoxy) is 1. The van der Waals surface area contributed by atoms with Crippen LogP contribution in [-0.2, 0) is 4.74 Å². The van der Waals surface area contributed by atoms with E-state index in [2.05, 4.69) is 5.32 Å². The fourth-order valence-electron chi connectivity index (χ4n) is 1.36. The normalized spacial score (nSPS) is 12.2. The van der Waals surface area contributed by atoms with Crippen LogP contribution < -0.4 is 5.32 Å². The number of nitrogens with zero attached hydrogens (tertiary/aromatic N) is 1. The smallest absolute Gasteiger partial charge is 0.293 e. The van der Waals surface area contributed by atoms with Crippen molar-refractivity contribution in [3.05, 3.63) is 32.3 Å². The number of hydrogen-bond donors (Lipinski definition) is 1. The van der Waals surface area contributed by atoms with Gasteiger partial charge in [-0.2, -0.15) is 0 Å². The molecule has 1 unspecified atom stereocenters. The zero-order chi connectivity index (χ0) is 13.0. The Morgan fingerprint density at radius 2 is 2.06 bits per heavy atom. The highest BCUT2D eigenvalue weighted by Gasteiger charge is 2.18. The number of halogens is 2. The SMILES string of the molecule is COCC(C)Nc1cc(Cl)c(Cl)cc1[N+](=O)[O-]. The Labute approximate surface area is 109 Å². The van der Waals surface area contributed by atoms with Gasteiger partial charge in [0.1, 0.15) is 5.69 Å². The van der Waals surface area contributed by atoms with E-state index in [4.69, 9.17) is 27.9 Å². The van der Waals surface area contributed by atoms with Gasteiger partial charge in [-0.3, -0.25) is 10.1 Å². The molecule has 17 heavy (non-hydrogen) atoms. The monoisotopic (exact) mass is 278 g/mol. The fraction of sp³-hybridized carbons (Fsp3) is 0.400.